The molecule has 108 valence electrons. The van der Waals surface area contributed by atoms with Crippen LogP contribution in [0.1, 0.15) is 50.6 Å². The monoisotopic (exact) mass is 264 g/mol. The normalized spacial score (nSPS) is 20.7. The fourth-order valence-electron chi connectivity index (χ4n) is 3.12. The molecule has 0 aliphatic heterocycles. The number of aryl methyl sites for hydroxylation is 1. The second-order valence-corrected chi connectivity index (χ2v) is 6.23. The number of nitrogens with one attached hydrogen (secondary N) is 1. The maximum Gasteiger partial charge on any atom is 0.0537 e. The van der Waals surface area contributed by atoms with Crippen molar-refractivity contribution < 1.29 is 0 Å². The van der Waals surface area contributed by atoms with E-state index < -0.39 is 0 Å². The highest BCUT2D eigenvalue weighted by molar-refractivity contribution is 5.09. The first-order valence-electron chi connectivity index (χ1n) is 7.43. The molecule has 1 N–H and O–H groups in total. The minimum Gasteiger partial charge on any atom is -0.308 e. The molecule has 1 saturated carbocycles. The van der Waals surface area contributed by atoms with Gasteiger partial charge in [0.15, 0.2) is 0 Å². The molecule has 1 aliphatic carbocycles. The van der Waals surface area contributed by atoms with E-state index in [-0.39, 0.29) is 0 Å². The largest absolute Gasteiger partial charge is 0.308 e. The number of likely N-dealkylation sites (N-methyl/N-ethyl adjacent to an activating group) is 1. The number of hydrogen-bond donors (Lipinski definition) is 1. The summed E-state index contributed by atoms with van der Waals surface area (Å²) >= 11 is 0. The van der Waals surface area contributed by atoms with Gasteiger partial charge in [-0.25, -0.2) is 0 Å². The van der Waals surface area contributed by atoms with Gasteiger partial charge in [-0.2, -0.15) is 5.10 Å². The molecule has 1 aromatic rings. The van der Waals surface area contributed by atoms with Crippen molar-refractivity contribution >= 4 is 0 Å². The van der Waals surface area contributed by atoms with E-state index in [1.54, 1.807) is 0 Å². The zero-order chi connectivity index (χ0) is 13.9. The molecule has 0 saturated heterocycles. The Bertz CT molecular complexity index is 391. The molecule has 0 radical (unpaired) electrons. The minimum absolute atomic E-state index is 0.342. The van der Waals surface area contributed by atoms with Crippen molar-refractivity contribution in [2.75, 3.05) is 20.6 Å². The zero-order valence-corrected chi connectivity index (χ0v) is 12.8. The maximum absolute atomic E-state index is 4.25. The van der Waals surface area contributed by atoms with Gasteiger partial charge in [-0.15, -0.1) is 0 Å². The van der Waals surface area contributed by atoms with Crippen molar-refractivity contribution in [3.63, 3.8) is 0 Å². The van der Waals surface area contributed by atoms with Crippen LogP contribution in [0.5, 0.6) is 0 Å². The van der Waals surface area contributed by atoms with E-state index in [9.17, 15) is 0 Å². The van der Waals surface area contributed by atoms with Crippen molar-refractivity contribution in [2.24, 2.45) is 7.05 Å². The Kier molecular flexibility index (Phi) is 4.63. The first kappa shape index (κ1) is 14.5. The molecule has 1 aliphatic rings. The van der Waals surface area contributed by atoms with Gasteiger partial charge in [0.1, 0.15) is 0 Å². The second-order valence-electron chi connectivity index (χ2n) is 6.23. The number of nitrogens with zero attached hydrogens (tertiary/aromatic N) is 3. The number of hydrogen-bond acceptors (Lipinski definition) is 3. The summed E-state index contributed by atoms with van der Waals surface area (Å²) in [6.45, 7) is 3.29. The fourth-order valence-corrected chi connectivity index (χ4v) is 3.12. The van der Waals surface area contributed by atoms with Crippen LogP contribution in [0.15, 0.2) is 12.4 Å². The van der Waals surface area contributed by atoms with Crippen molar-refractivity contribution in [3.05, 3.63) is 18.0 Å². The van der Waals surface area contributed by atoms with Crippen LogP contribution in [0.4, 0.5) is 0 Å². The van der Waals surface area contributed by atoms with Crippen LogP contribution in [0.25, 0.3) is 0 Å². The molecule has 4 nitrogen and oxygen atoms in total. The van der Waals surface area contributed by atoms with E-state index in [4.69, 9.17) is 0 Å². The molecule has 0 amide bonds. The van der Waals surface area contributed by atoms with Crippen LogP contribution in [-0.4, -0.2) is 40.9 Å². The lowest BCUT2D eigenvalue weighted by molar-refractivity contribution is 0.0958. The van der Waals surface area contributed by atoms with Crippen molar-refractivity contribution in [2.45, 2.75) is 50.6 Å². The molecule has 19 heavy (non-hydrogen) atoms. The van der Waals surface area contributed by atoms with Gasteiger partial charge in [-0.05, 0) is 33.9 Å². The summed E-state index contributed by atoms with van der Waals surface area (Å²) in [6.07, 6.45) is 10.8. The quantitative estimate of drug-likeness (QED) is 0.886. The molecule has 2 rings (SSSR count). The third kappa shape index (κ3) is 3.37. The Labute approximate surface area is 117 Å². The van der Waals surface area contributed by atoms with E-state index in [2.05, 4.69) is 42.5 Å². The van der Waals surface area contributed by atoms with Gasteiger partial charge in [0, 0.05) is 36.9 Å². The molecule has 1 aromatic heterocycles. The van der Waals surface area contributed by atoms with E-state index >= 15 is 0 Å². The number of rotatable bonds is 5. The van der Waals surface area contributed by atoms with Gasteiger partial charge >= 0.3 is 0 Å². The second kappa shape index (κ2) is 6.06. The van der Waals surface area contributed by atoms with Gasteiger partial charge in [0.25, 0.3) is 0 Å². The Balaban J connectivity index is 1.95. The van der Waals surface area contributed by atoms with Crippen molar-refractivity contribution in [1.29, 1.82) is 0 Å². The summed E-state index contributed by atoms with van der Waals surface area (Å²) < 4.78 is 1.87. The summed E-state index contributed by atoms with van der Waals surface area (Å²) in [6, 6.07) is 0.368. The van der Waals surface area contributed by atoms with Crippen LogP contribution in [-0.2, 0) is 7.05 Å². The van der Waals surface area contributed by atoms with Crippen LogP contribution in [0.3, 0.4) is 0 Å². The molecule has 0 spiro atoms. The fraction of sp³-hybridized carbons (Fsp3) is 0.800. The predicted molar refractivity (Wildman–Crippen MR) is 79.1 cm³/mol. The average Bonchev–Trinajstić information content (AvgIpc) is 2.83. The predicted octanol–water partition coefficient (Wildman–Crippen LogP) is 2.34. The molecule has 4 heteroatoms. The topological polar surface area (TPSA) is 33.1 Å². The minimum atomic E-state index is 0.342. The van der Waals surface area contributed by atoms with Gasteiger partial charge in [-0.3, -0.25) is 4.68 Å². The number of aromatic nitrogens is 2. The standard InChI is InChI=1S/C15H28N4/c1-13(14-10-17-19(4)11-14)16-12-15(18(2)3)8-6-5-7-9-15/h10-11,13,16H,5-9,12H2,1-4H3. The molecular weight excluding hydrogens is 236 g/mol. The van der Waals surface area contributed by atoms with E-state index in [0.29, 0.717) is 11.6 Å². The summed E-state index contributed by atoms with van der Waals surface area (Å²) in [5, 5.41) is 7.96. The smallest absolute Gasteiger partial charge is 0.0537 e. The summed E-state index contributed by atoms with van der Waals surface area (Å²) in [5.74, 6) is 0. The first-order chi connectivity index (χ1) is 9.03. The Morgan fingerprint density at radius 2 is 2.05 bits per heavy atom. The van der Waals surface area contributed by atoms with Gasteiger partial charge in [-0.1, -0.05) is 19.3 Å². The highest BCUT2D eigenvalue weighted by Gasteiger charge is 2.34. The maximum atomic E-state index is 4.25. The summed E-state index contributed by atoms with van der Waals surface area (Å²) in [4.78, 5) is 2.43. The molecular formula is C15H28N4. The lowest BCUT2D eigenvalue weighted by Crippen LogP contribution is -2.53. The van der Waals surface area contributed by atoms with Gasteiger partial charge < -0.3 is 10.2 Å². The highest BCUT2D eigenvalue weighted by Crippen LogP contribution is 2.32. The molecule has 0 bridgehead atoms. The summed E-state index contributed by atoms with van der Waals surface area (Å²) in [5.41, 5.74) is 1.61. The molecule has 1 unspecified atom stereocenters. The van der Waals surface area contributed by atoms with Crippen molar-refractivity contribution in [3.8, 4) is 0 Å². The van der Waals surface area contributed by atoms with Crippen LogP contribution in [0.2, 0.25) is 0 Å². The van der Waals surface area contributed by atoms with E-state index in [1.165, 1.54) is 37.7 Å². The zero-order valence-electron chi connectivity index (χ0n) is 12.8. The van der Waals surface area contributed by atoms with E-state index in [1.807, 2.05) is 17.9 Å². The Morgan fingerprint density at radius 3 is 2.58 bits per heavy atom. The molecule has 1 heterocycles. The molecule has 0 aromatic carbocycles. The Morgan fingerprint density at radius 1 is 1.37 bits per heavy atom. The van der Waals surface area contributed by atoms with Crippen molar-refractivity contribution in [1.82, 2.24) is 20.0 Å². The van der Waals surface area contributed by atoms with Crippen LogP contribution in [0, 0.1) is 0 Å². The highest BCUT2D eigenvalue weighted by atomic mass is 15.2. The van der Waals surface area contributed by atoms with Gasteiger partial charge in [0.05, 0.1) is 6.20 Å². The summed E-state index contributed by atoms with van der Waals surface area (Å²) in [7, 11) is 6.42. The molecule has 1 fully saturated rings. The van der Waals surface area contributed by atoms with Crippen LogP contribution >= 0.6 is 0 Å². The Hall–Kier alpha value is -0.870. The lowest BCUT2D eigenvalue weighted by atomic mass is 9.80. The third-order valence-corrected chi connectivity index (χ3v) is 4.70. The van der Waals surface area contributed by atoms with E-state index in [0.717, 1.165) is 6.54 Å². The lowest BCUT2D eigenvalue weighted by Gasteiger charge is -2.43. The van der Waals surface area contributed by atoms with Gasteiger partial charge in [0.2, 0.25) is 0 Å². The molecule has 1 atom stereocenters. The average molecular weight is 264 g/mol. The van der Waals surface area contributed by atoms with Crippen LogP contribution < -0.4 is 5.32 Å². The first-order valence-corrected chi connectivity index (χ1v) is 7.43. The SMILES string of the molecule is CC(NCC1(N(C)C)CCCCC1)c1cnn(C)c1. The third-order valence-electron chi connectivity index (χ3n) is 4.70.